The van der Waals surface area contributed by atoms with Gasteiger partial charge in [-0.3, -0.25) is 4.79 Å². The normalized spacial score (nSPS) is 54.3. The summed E-state index contributed by atoms with van der Waals surface area (Å²) in [7, 11) is 0. The molecule has 0 aliphatic heterocycles. The summed E-state index contributed by atoms with van der Waals surface area (Å²) >= 11 is 0. The van der Waals surface area contributed by atoms with Gasteiger partial charge in [-0.25, -0.2) is 0 Å². The number of hydrogen-bond donors (Lipinski definition) is 1. The average molecular weight is 347 g/mol. The minimum absolute atomic E-state index is 0.105. The molecular weight excluding hydrogens is 308 g/mol. The van der Waals surface area contributed by atoms with Crippen LogP contribution in [0.4, 0.5) is 0 Å². The van der Waals surface area contributed by atoms with Crippen LogP contribution in [-0.2, 0) is 4.79 Å². The summed E-state index contributed by atoms with van der Waals surface area (Å²) in [6.45, 7) is 11.7. The van der Waals surface area contributed by atoms with Crippen LogP contribution < -0.4 is 0 Å². The Morgan fingerprint density at radius 1 is 0.960 bits per heavy atom. The van der Waals surface area contributed by atoms with Gasteiger partial charge in [-0.05, 0) is 98.2 Å². The molecule has 2 nitrogen and oxygen atoms in total. The fourth-order valence-corrected chi connectivity index (χ4v) is 8.74. The zero-order valence-corrected chi connectivity index (χ0v) is 17.0. The van der Waals surface area contributed by atoms with E-state index in [2.05, 4.69) is 27.7 Å². The fourth-order valence-electron chi connectivity index (χ4n) is 8.74. The lowest BCUT2D eigenvalue weighted by Crippen LogP contribution is -2.60. The largest absolute Gasteiger partial charge is 0.393 e. The van der Waals surface area contributed by atoms with Gasteiger partial charge in [0.25, 0.3) is 0 Å². The molecule has 0 aromatic heterocycles. The third-order valence-electron chi connectivity index (χ3n) is 10.2. The molecule has 4 fully saturated rings. The molecule has 0 aromatic carbocycles. The van der Waals surface area contributed by atoms with Crippen LogP contribution in [0.5, 0.6) is 0 Å². The first-order chi connectivity index (χ1) is 11.6. The van der Waals surface area contributed by atoms with Gasteiger partial charge in [0.05, 0.1) is 6.10 Å². The Morgan fingerprint density at radius 3 is 2.36 bits per heavy atom. The molecule has 0 heterocycles. The lowest BCUT2D eigenvalue weighted by molar-refractivity contribution is -0.186. The van der Waals surface area contributed by atoms with Gasteiger partial charge >= 0.3 is 0 Å². The maximum Gasteiger partial charge on any atom is 0.133 e. The Morgan fingerprint density at radius 2 is 1.68 bits per heavy atom. The fraction of sp³-hybridized carbons (Fsp3) is 0.957. The van der Waals surface area contributed by atoms with Gasteiger partial charge in [-0.2, -0.15) is 0 Å². The van der Waals surface area contributed by atoms with E-state index in [0.29, 0.717) is 23.0 Å². The highest BCUT2D eigenvalue weighted by atomic mass is 16.3. The van der Waals surface area contributed by atoms with Gasteiger partial charge in [0.2, 0.25) is 0 Å². The molecule has 4 aliphatic rings. The summed E-state index contributed by atoms with van der Waals surface area (Å²) in [6, 6.07) is 0. The minimum atomic E-state index is -0.105. The Balaban J connectivity index is 1.68. The number of carbonyl (C=O) groups is 1. The van der Waals surface area contributed by atoms with Crippen LogP contribution in [0.1, 0.15) is 86.0 Å². The molecule has 0 aromatic rings. The van der Waals surface area contributed by atoms with Crippen LogP contribution in [0.2, 0.25) is 0 Å². The number of aliphatic hydroxyl groups excluding tert-OH is 1. The molecule has 0 amide bonds. The van der Waals surface area contributed by atoms with Gasteiger partial charge < -0.3 is 5.11 Å². The summed E-state index contributed by atoms with van der Waals surface area (Å²) in [5.41, 5.74) is 0.824. The first kappa shape index (κ1) is 18.0. The quantitative estimate of drug-likeness (QED) is 0.706. The van der Waals surface area contributed by atoms with Crippen molar-refractivity contribution < 1.29 is 9.90 Å². The van der Waals surface area contributed by atoms with Gasteiger partial charge in [0.1, 0.15) is 5.78 Å². The maximum absolute atomic E-state index is 12.3. The molecule has 8 atom stereocenters. The lowest BCUT2D eigenvalue weighted by atomic mass is 9.39. The second-order valence-corrected chi connectivity index (χ2v) is 11.2. The van der Waals surface area contributed by atoms with E-state index in [1.807, 2.05) is 6.92 Å². The molecular formula is C23H38O2. The Hall–Kier alpha value is -0.370. The summed E-state index contributed by atoms with van der Waals surface area (Å²) in [4.78, 5) is 12.3. The predicted octanol–water partition coefficient (Wildman–Crippen LogP) is 5.23. The van der Waals surface area contributed by atoms with E-state index in [4.69, 9.17) is 0 Å². The van der Waals surface area contributed by atoms with Crippen molar-refractivity contribution in [1.29, 1.82) is 0 Å². The van der Waals surface area contributed by atoms with Gasteiger partial charge in [0.15, 0.2) is 0 Å². The molecule has 2 unspecified atom stereocenters. The monoisotopic (exact) mass is 346 g/mol. The van der Waals surface area contributed by atoms with Gasteiger partial charge in [-0.15, -0.1) is 0 Å². The Kier molecular flexibility index (Phi) is 4.01. The standard InChI is InChI=1S/C23H38O2/c1-14(24)18-8-9-19-17-7-6-15-12-16(25)13-21(2,3)23(15,5)20(17)10-11-22(18,19)4/h15-20,25H,6-13H2,1-5H3/t15?,16?,17-,18+,19-,20-,22+,23-/m0/s1. The van der Waals surface area contributed by atoms with Crippen molar-refractivity contribution in [3.05, 3.63) is 0 Å². The van der Waals surface area contributed by atoms with Crippen LogP contribution in [-0.4, -0.2) is 17.0 Å². The number of fused-ring (bicyclic) bond motifs is 5. The van der Waals surface area contributed by atoms with Crippen molar-refractivity contribution in [2.45, 2.75) is 92.1 Å². The second-order valence-electron chi connectivity index (χ2n) is 11.2. The molecule has 0 radical (unpaired) electrons. The summed E-state index contributed by atoms with van der Waals surface area (Å²) in [5, 5.41) is 10.4. The van der Waals surface area contributed by atoms with Crippen LogP contribution in [0, 0.1) is 45.8 Å². The summed E-state index contributed by atoms with van der Waals surface area (Å²) in [5.74, 6) is 3.77. The SMILES string of the molecule is CC(=O)[C@H]1CC[C@H]2[C@@H]3CCC4CC(O)CC(C)(C)[C@]4(C)[C@H]3CC[C@]12C. The van der Waals surface area contributed by atoms with E-state index in [0.717, 1.165) is 37.0 Å². The van der Waals surface area contributed by atoms with Crippen molar-refractivity contribution in [1.82, 2.24) is 0 Å². The van der Waals surface area contributed by atoms with Crippen molar-refractivity contribution in [2.24, 2.45) is 45.8 Å². The van der Waals surface area contributed by atoms with E-state index in [9.17, 15) is 9.90 Å². The van der Waals surface area contributed by atoms with Crippen LogP contribution >= 0.6 is 0 Å². The van der Waals surface area contributed by atoms with Crippen LogP contribution in [0.15, 0.2) is 0 Å². The third-order valence-corrected chi connectivity index (χ3v) is 10.2. The first-order valence-electron chi connectivity index (χ1n) is 10.8. The van der Waals surface area contributed by atoms with E-state index in [1.165, 1.54) is 32.1 Å². The van der Waals surface area contributed by atoms with Gasteiger partial charge in [-0.1, -0.05) is 27.7 Å². The Labute approximate surface area is 154 Å². The highest BCUT2D eigenvalue weighted by Gasteiger charge is 2.64. The number of ketones is 1. The zero-order chi connectivity index (χ0) is 18.2. The number of aliphatic hydroxyl groups is 1. The van der Waals surface area contributed by atoms with E-state index in [1.54, 1.807) is 0 Å². The average Bonchev–Trinajstić information content (AvgIpc) is 2.85. The zero-order valence-electron chi connectivity index (χ0n) is 17.0. The predicted molar refractivity (Wildman–Crippen MR) is 101 cm³/mol. The molecule has 4 saturated carbocycles. The van der Waals surface area contributed by atoms with Crippen molar-refractivity contribution in [3.63, 3.8) is 0 Å². The smallest absolute Gasteiger partial charge is 0.133 e. The number of Topliss-reactive ketones (excluding diaryl/α,β-unsaturated/α-hetero) is 1. The summed E-state index contributed by atoms with van der Waals surface area (Å²) < 4.78 is 0. The molecule has 142 valence electrons. The summed E-state index contributed by atoms with van der Waals surface area (Å²) in [6.07, 6.45) is 9.43. The molecule has 0 saturated heterocycles. The number of hydrogen-bond acceptors (Lipinski definition) is 2. The van der Waals surface area contributed by atoms with Crippen LogP contribution in [0.25, 0.3) is 0 Å². The van der Waals surface area contributed by atoms with E-state index < -0.39 is 0 Å². The second kappa shape index (κ2) is 5.57. The molecule has 4 rings (SSSR count). The molecule has 1 N–H and O–H groups in total. The first-order valence-corrected chi connectivity index (χ1v) is 10.8. The molecule has 25 heavy (non-hydrogen) atoms. The molecule has 0 spiro atoms. The lowest BCUT2D eigenvalue weighted by Gasteiger charge is -2.66. The molecule has 4 aliphatic carbocycles. The number of carbonyl (C=O) groups excluding carboxylic acids is 1. The maximum atomic E-state index is 12.3. The molecule has 2 heteroatoms. The third kappa shape index (κ3) is 2.28. The number of rotatable bonds is 1. The van der Waals surface area contributed by atoms with Crippen LogP contribution in [0.3, 0.4) is 0 Å². The molecule has 0 bridgehead atoms. The van der Waals surface area contributed by atoms with E-state index in [-0.39, 0.29) is 16.9 Å². The topological polar surface area (TPSA) is 37.3 Å². The highest BCUT2D eigenvalue weighted by molar-refractivity contribution is 5.79. The Bertz CT molecular complexity index is 566. The highest BCUT2D eigenvalue weighted by Crippen LogP contribution is 2.70. The minimum Gasteiger partial charge on any atom is -0.393 e. The van der Waals surface area contributed by atoms with Crippen molar-refractivity contribution in [2.75, 3.05) is 0 Å². The van der Waals surface area contributed by atoms with Gasteiger partial charge in [0, 0.05) is 5.92 Å². The van der Waals surface area contributed by atoms with E-state index >= 15 is 0 Å². The van der Waals surface area contributed by atoms with Crippen molar-refractivity contribution >= 4 is 5.78 Å². The van der Waals surface area contributed by atoms with Crippen molar-refractivity contribution in [3.8, 4) is 0 Å².